The molecule has 1 aliphatic carbocycles. The summed E-state index contributed by atoms with van der Waals surface area (Å²) < 4.78 is 15.0. The van der Waals surface area contributed by atoms with Gasteiger partial charge in [-0.05, 0) is 42.5 Å². The van der Waals surface area contributed by atoms with E-state index in [1.165, 1.54) is 29.8 Å². The van der Waals surface area contributed by atoms with Crippen LogP contribution in [0.2, 0.25) is 0 Å². The van der Waals surface area contributed by atoms with E-state index in [0.29, 0.717) is 12.1 Å². The Bertz CT molecular complexity index is 988. The Labute approximate surface area is 174 Å². The lowest BCUT2D eigenvalue weighted by atomic mass is 9.93. The van der Waals surface area contributed by atoms with Crippen molar-refractivity contribution in [3.05, 3.63) is 89.0 Å². The zero-order chi connectivity index (χ0) is 20.9. The number of aromatic nitrogens is 2. The van der Waals surface area contributed by atoms with Crippen molar-refractivity contribution in [3.8, 4) is 0 Å². The van der Waals surface area contributed by atoms with E-state index in [1.54, 1.807) is 0 Å². The quantitative estimate of drug-likeness (QED) is 0.584. The number of halogens is 1. The van der Waals surface area contributed by atoms with Crippen LogP contribution >= 0.6 is 0 Å². The van der Waals surface area contributed by atoms with E-state index < -0.39 is 6.10 Å². The number of urea groups is 1. The van der Waals surface area contributed by atoms with Gasteiger partial charge in [-0.15, -0.1) is 0 Å². The number of aliphatic hydroxyl groups is 1. The fourth-order valence-electron chi connectivity index (χ4n) is 3.86. The predicted molar refractivity (Wildman–Crippen MR) is 111 cm³/mol. The molecular weight excluding hydrogens is 383 g/mol. The molecule has 0 saturated carbocycles. The summed E-state index contributed by atoms with van der Waals surface area (Å²) in [5.41, 5.74) is 3.94. The number of nitrogens with one attached hydrogen (secondary N) is 2. The Morgan fingerprint density at radius 1 is 1.20 bits per heavy atom. The maximum Gasteiger partial charge on any atom is 0.315 e. The molecule has 1 aromatic heterocycles. The van der Waals surface area contributed by atoms with E-state index in [-0.39, 0.29) is 24.4 Å². The van der Waals surface area contributed by atoms with Gasteiger partial charge in [0, 0.05) is 17.8 Å². The highest BCUT2D eigenvalue weighted by molar-refractivity contribution is 5.74. The molecule has 2 amide bonds. The fourth-order valence-corrected chi connectivity index (χ4v) is 3.86. The molecule has 6 nitrogen and oxygen atoms in total. The van der Waals surface area contributed by atoms with Crippen LogP contribution in [0.3, 0.4) is 0 Å². The van der Waals surface area contributed by atoms with E-state index in [2.05, 4.69) is 27.9 Å². The highest BCUT2D eigenvalue weighted by Crippen LogP contribution is 2.30. The Balaban J connectivity index is 1.35. The second kappa shape index (κ2) is 9.09. The van der Waals surface area contributed by atoms with Gasteiger partial charge in [-0.1, -0.05) is 42.5 Å². The van der Waals surface area contributed by atoms with Gasteiger partial charge in [0.1, 0.15) is 5.82 Å². The van der Waals surface area contributed by atoms with Crippen LogP contribution in [0.5, 0.6) is 0 Å². The number of fused-ring (bicyclic) bond motifs is 1. The van der Waals surface area contributed by atoms with E-state index in [0.717, 1.165) is 30.5 Å². The third-order valence-corrected chi connectivity index (χ3v) is 5.45. The molecule has 2 atom stereocenters. The van der Waals surface area contributed by atoms with Crippen LogP contribution in [-0.2, 0) is 13.0 Å². The average molecular weight is 408 g/mol. The van der Waals surface area contributed by atoms with Gasteiger partial charge in [-0.25, -0.2) is 9.18 Å². The average Bonchev–Trinajstić information content (AvgIpc) is 3.17. The highest BCUT2D eigenvalue weighted by atomic mass is 19.1. The Kier molecular flexibility index (Phi) is 6.09. The minimum Gasteiger partial charge on any atom is -0.387 e. The van der Waals surface area contributed by atoms with Gasteiger partial charge in [-0.2, -0.15) is 5.10 Å². The zero-order valence-electron chi connectivity index (χ0n) is 16.6. The minimum atomic E-state index is -0.896. The highest BCUT2D eigenvalue weighted by Gasteiger charge is 2.25. The summed E-state index contributed by atoms with van der Waals surface area (Å²) in [6.45, 7) is 0.753. The van der Waals surface area contributed by atoms with Crippen molar-refractivity contribution in [3.63, 3.8) is 0 Å². The van der Waals surface area contributed by atoms with Gasteiger partial charge in [0.15, 0.2) is 0 Å². The standard InChI is InChI=1S/C23H25FN4O2/c24-18-11-9-17(10-12-18)22(29)14-25-23(30)27-20-7-4-8-21-19(20)13-26-28(21)15-16-5-2-1-3-6-16/h1-3,5-6,9-13,20,22,29H,4,7-8,14-15H2,(H2,25,27,30). The van der Waals surface area contributed by atoms with Gasteiger partial charge < -0.3 is 15.7 Å². The third kappa shape index (κ3) is 4.68. The molecule has 1 aliphatic rings. The summed E-state index contributed by atoms with van der Waals surface area (Å²) in [5.74, 6) is -0.363. The van der Waals surface area contributed by atoms with Gasteiger partial charge in [-0.3, -0.25) is 4.68 Å². The molecule has 7 heteroatoms. The number of benzene rings is 2. The summed E-state index contributed by atoms with van der Waals surface area (Å²) >= 11 is 0. The summed E-state index contributed by atoms with van der Waals surface area (Å²) in [6.07, 6.45) is 3.70. The van der Waals surface area contributed by atoms with Crippen LogP contribution in [0.25, 0.3) is 0 Å². The Hall–Kier alpha value is -3.19. The lowest BCUT2D eigenvalue weighted by Crippen LogP contribution is -2.40. The second-order valence-electron chi connectivity index (χ2n) is 7.56. The molecule has 0 bridgehead atoms. The summed E-state index contributed by atoms with van der Waals surface area (Å²) in [7, 11) is 0. The largest absolute Gasteiger partial charge is 0.387 e. The van der Waals surface area contributed by atoms with Crippen LogP contribution in [0, 0.1) is 5.82 Å². The Morgan fingerprint density at radius 3 is 2.73 bits per heavy atom. The van der Waals surface area contributed by atoms with Crippen molar-refractivity contribution in [2.45, 2.75) is 38.0 Å². The van der Waals surface area contributed by atoms with Crippen LogP contribution in [0.15, 0.2) is 60.8 Å². The van der Waals surface area contributed by atoms with Gasteiger partial charge >= 0.3 is 6.03 Å². The number of carbonyl (C=O) groups is 1. The lowest BCUT2D eigenvalue weighted by Gasteiger charge is -2.24. The molecule has 4 rings (SSSR count). The summed E-state index contributed by atoms with van der Waals surface area (Å²) in [4.78, 5) is 12.4. The lowest BCUT2D eigenvalue weighted by molar-refractivity contribution is 0.172. The van der Waals surface area contributed by atoms with Crippen molar-refractivity contribution in [1.29, 1.82) is 0 Å². The number of hydrogen-bond acceptors (Lipinski definition) is 3. The van der Waals surface area contributed by atoms with E-state index >= 15 is 0 Å². The predicted octanol–water partition coefficient (Wildman–Crippen LogP) is 3.48. The molecule has 2 aromatic carbocycles. The van der Waals surface area contributed by atoms with E-state index in [9.17, 15) is 14.3 Å². The van der Waals surface area contributed by atoms with Crippen LogP contribution in [-0.4, -0.2) is 27.5 Å². The first-order valence-electron chi connectivity index (χ1n) is 10.2. The number of hydrogen-bond donors (Lipinski definition) is 3. The number of aliphatic hydroxyl groups excluding tert-OH is 1. The third-order valence-electron chi connectivity index (χ3n) is 5.45. The van der Waals surface area contributed by atoms with Crippen LogP contribution < -0.4 is 10.6 Å². The van der Waals surface area contributed by atoms with Gasteiger partial charge in [0.25, 0.3) is 0 Å². The monoisotopic (exact) mass is 408 g/mol. The topological polar surface area (TPSA) is 79.2 Å². The number of rotatable bonds is 6. The summed E-state index contributed by atoms with van der Waals surface area (Å²) in [5, 5.41) is 20.4. The molecule has 0 aliphatic heterocycles. The normalized spacial score (nSPS) is 16.5. The molecule has 1 heterocycles. The first-order valence-corrected chi connectivity index (χ1v) is 10.2. The number of nitrogens with zero attached hydrogens (tertiary/aromatic N) is 2. The first-order chi connectivity index (χ1) is 14.6. The molecule has 0 fully saturated rings. The van der Waals surface area contributed by atoms with Crippen molar-refractivity contribution < 1.29 is 14.3 Å². The fraction of sp³-hybridized carbons (Fsp3) is 0.304. The molecule has 0 saturated heterocycles. The molecule has 30 heavy (non-hydrogen) atoms. The smallest absolute Gasteiger partial charge is 0.315 e. The van der Waals surface area contributed by atoms with E-state index in [4.69, 9.17) is 0 Å². The minimum absolute atomic E-state index is 0.0459. The maximum absolute atomic E-state index is 13.0. The van der Waals surface area contributed by atoms with Crippen LogP contribution in [0.1, 0.15) is 47.4 Å². The van der Waals surface area contributed by atoms with Crippen molar-refractivity contribution in [2.24, 2.45) is 0 Å². The summed E-state index contributed by atoms with van der Waals surface area (Å²) in [6, 6.07) is 15.3. The molecule has 2 unspecified atom stereocenters. The second-order valence-corrected chi connectivity index (χ2v) is 7.56. The number of amides is 2. The van der Waals surface area contributed by atoms with E-state index in [1.807, 2.05) is 29.1 Å². The molecule has 0 radical (unpaired) electrons. The first kappa shape index (κ1) is 20.1. The number of carbonyl (C=O) groups excluding carboxylic acids is 1. The Morgan fingerprint density at radius 2 is 1.97 bits per heavy atom. The van der Waals surface area contributed by atoms with Crippen molar-refractivity contribution >= 4 is 6.03 Å². The maximum atomic E-state index is 13.0. The molecule has 0 spiro atoms. The molecule has 156 valence electrons. The van der Waals surface area contributed by atoms with Gasteiger partial charge in [0.2, 0.25) is 0 Å². The molecule has 3 N–H and O–H groups in total. The van der Waals surface area contributed by atoms with Crippen LogP contribution in [0.4, 0.5) is 9.18 Å². The molecule has 3 aromatic rings. The molecular formula is C23H25FN4O2. The van der Waals surface area contributed by atoms with Crippen molar-refractivity contribution in [1.82, 2.24) is 20.4 Å². The SMILES string of the molecule is O=C(NCC(O)c1ccc(F)cc1)NC1CCCc2c1cnn2Cc1ccccc1. The zero-order valence-corrected chi connectivity index (χ0v) is 16.6. The van der Waals surface area contributed by atoms with Crippen molar-refractivity contribution in [2.75, 3.05) is 6.54 Å². The van der Waals surface area contributed by atoms with Gasteiger partial charge in [0.05, 0.1) is 24.9 Å².